The summed E-state index contributed by atoms with van der Waals surface area (Å²) in [6.45, 7) is 0.221. The lowest BCUT2D eigenvalue weighted by Crippen LogP contribution is -2.25. The first-order chi connectivity index (χ1) is 9.31. The van der Waals surface area contributed by atoms with E-state index in [2.05, 4.69) is 4.72 Å². The number of carboxylic acid groups (broad SMARTS) is 1. The van der Waals surface area contributed by atoms with Gasteiger partial charge in [-0.15, -0.1) is 0 Å². The lowest BCUT2D eigenvalue weighted by molar-refractivity contribution is -0.136. The molecule has 0 saturated heterocycles. The zero-order chi connectivity index (χ0) is 15.2. The summed E-state index contributed by atoms with van der Waals surface area (Å²) in [5.41, 5.74) is 0.540. The maximum Gasteiger partial charge on any atom is 0.307 e. The Hall–Kier alpha value is -1.25. The number of carbonyl (C=O) groups is 1. The highest BCUT2D eigenvalue weighted by Crippen LogP contribution is 2.11. The van der Waals surface area contributed by atoms with Crippen LogP contribution in [0.1, 0.15) is 12.0 Å². The second-order valence-corrected chi connectivity index (χ2v) is 7.56. The van der Waals surface area contributed by atoms with Gasteiger partial charge in [0.2, 0.25) is 10.0 Å². The van der Waals surface area contributed by atoms with Crippen molar-refractivity contribution < 1.29 is 22.5 Å². The van der Waals surface area contributed by atoms with Crippen molar-refractivity contribution in [2.24, 2.45) is 0 Å². The van der Waals surface area contributed by atoms with E-state index >= 15 is 0 Å². The van der Waals surface area contributed by atoms with Crippen LogP contribution in [0, 0.1) is 0 Å². The highest BCUT2D eigenvalue weighted by atomic mass is 32.2. The van der Waals surface area contributed by atoms with Crippen LogP contribution in [-0.2, 0) is 32.0 Å². The Morgan fingerprint density at radius 1 is 1.30 bits per heavy atom. The molecule has 0 aliphatic carbocycles. The topological polar surface area (TPSA) is 101 Å². The summed E-state index contributed by atoms with van der Waals surface area (Å²) in [5.74, 6) is -0.522. The van der Waals surface area contributed by atoms with Crippen LogP contribution in [0.3, 0.4) is 0 Å². The molecule has 0 aliphatic rings. The standard InChI is InChI=1S/C12H17NO5S2/c1-19(16)8-2-7-13-20(17,18)11-5-3-10(4-6-11)9-12(14)15/h3-6,13H,2,7-9H2,1H3,(H,14,15). The van der Waals surface area contributed by atoms with Crippen molar-refractivity contribution in [1.82, 2.24) is 4.72 Å². The molecule has 1 aromatic carbocycles. The fourth-order valence-corrected chi connectivity index (χ4v) is 3.15. The third-order valence-electron chi connectivity index (χ3n) is 2.49. The Morgan fingerprint density at radius 2 is 1.90 bits per heavy atom. The summed E-state index contributed by atoms with van der Waals surface area (Å²) in [7, 11) is -4.54. The zero-order valence-electron chi connectivity index (χ0n) is 11.0. The predicted molar refractivity (Wildman–Crippen MR) is 76.5 cm³/mol. The average Bonchev–Trinajstić information content (AvgIpc) is 2.34. The lowest BCUT2D eigenvalue weighted by Gasteiger charge is -2.07. The molecule has 1 rings (SSSR count). The van der Waals surface area contributed by atoms with Crippen LogP contribution in [-0.4, -0.2) is 42.3 Å². The van der Waals surface area contributed by atoms with Gasteiger partial charge in [-0.1, -0.05) is 12.1 Å². The number of aliphatic carboxylic acids is 1. The Bertz CT molecular complexity index is 580. The van der Waals surface area contributed by atoms with Gasteiger partial charge in [0.15, 0.2) is 0 Å². The van der Waals surface area contributed by atoms with E-state index < -0.39 is 26.8 Å². The molecular weight excluding hydrogens is 302 g/mol. The van der Waals surface area contributed by atoms with Crippen molar-refractivity contribution in [2.75, 3.05) is 18.6 Å². The minimum atomic E-state index is -3.60. The molecular formula is C12H17NO5S2. The summed E-state index contributed by atoms with van der Waals surface area (Å²) >= 11 is 0. The molecule has 0 aromatic heterocycles. The number of nitrogens with one attached hydrogen (secondary N) is 1. The van der Waals surface area contributed by atoms with Crippen molar-refractivity contribution in [1.29, 1.82) is 0 Å². The van der Waals surface area contributed by atoms with E-state index in [1.165, 1.54) is 24.3 Å². The SMILES string of the molecule is CS(=O)CCCNS(=O)(=O)c1ccc(CC(=O)O)cc1. The second kappa shape index (κ2) is 7.51. The molecule has 1 unspecified atom stereocenters. The first-order valence-corrected chi connectivity index (χ1v) is 9.13. The zero-order valence-corrected chi connectivity index (χ0v) is 12.7. The van der Waals surface area contributed by atoms with E-state index in [1.54, 1.807) is 6.26 Å². The van der Waals surface area contributed by atoms with E-state index in [0.717, 1.165) is 0 Å². The van der Waals surface area contributed by atoms with Crippen LogP contribution in [0.4, 0.5) is 0 Å². The molecule has 0 spiro atoms. The fraction of sp³-hybridized carbons (Fsp3) is 0.417. The minimum absolute atomic E-state index is 0.0873. The third-order valence-corrected chi connectivity index (χ3v) is 4.83. The van der Waals surface area contributed by atoms with Crippen molar-refractivity contribution in [3.63, 3.8) is 0 Å². The summed E-state index contributed by atoms with van der Waals surface area (Å²) in [4.78, 5) is 10.6. The van der Waals surface area contributed by atoms with Gasteiger partial charge >= 0.3 is 5.97 Å². The quantitative estimate of drug-likeness (QED) is 0.674. The number of sulfonamides is 1. The van der Waals surface area contributed by atoms with Gasteiger partial charge in [0.1, 0.15) is 0 Å². The van der Waals surface area contributed by atoms with Crippen molar-refractivity contribution in [3.05, 3.63) is 29.8 Å². The second-order valence-electron chi connectivity index (χ2n) is 4.24. The largest absolute Gasteiger partial charge is 0.481 e. The maximum absolute atomic E-state index is 11.9. The first kappa shape index (κ1) is 16.8. The fourth-order valence-electron chi connectivity index (χ4n) is 1.53. The molecule has 112 valence electrons. The van der Waals surface area contributed by atoms with Gasteiger partial charge in [0.05, 0.1) is 11.3 Å². The van der Waals surface area contributed by atoms with Crippen LogP contribution >= 0.6 is 0 Å². The molecule has 1 aromatic rings. The van der Waals surface area contributed by atoms with Crippen LogP contribution in [0.15, 0.2) is 29.2 Å². The monoisotopic (exact) mass is 319 g/mol. The van der Waals surface area contributed by atoms with Crippen LogP contribution < -0.4 is 4.72 Å². The summed E-state index contributed by atoms with van der Waals surface area (Å²) < 4.78 is 37.1. The number of benzene rings is 1. The van der Waals surface area contributed by atoms with E-state index in [9.17, 15) is 17.4 Å². The first-order valence-electron chi connectivity index (χ1n) is 5.91. The molecule has 0 amide bonds. The maximum atomic E-state index is 11.9. The highest BCUT2D eigenvalue weighted by molar-refractivity contribution is 7.89. The molecule has 1 atom stereocenters. The Morgan fingerprint density at radius 3 is 2.40 bits per heavy atom. The third kappa shape index (κ3) is 5.81. The molecule has 6 nitrogen and oxygen atoms in total. The summed E-state index contributed by atoms with van der Waals surface area (Å²) in [6, 6.07) is 5.70. The molecule has 0 bridgehead atoms. The van der Waals surface area contributed by atoms with Crippen LogP contribution in [0.2, 0.25) is 0 Å². The Labute approximate surface area is 120 Å². The van der Waals surface area contributed by atoms with Crippen molar-refractivity contribution >= 4 is 26.8 Å². The van der Waals surface area contributed by atoms with Gasteiger partial charge in [-0.3, -0.25) is 9.00 Å². The van der Waals surface area contributed by atoms with Crippen LogP contribution in [0.5, 0.6) is 0 Å². The van der Waals surface area contributed by atoms with Gasteiger partial charge in [-0.25, -0.2) is 13.1 Å². The molecule has 20 heavy (non-hydrogen) atoms. The Kier molecular flexibility index (Phi) is 6.31. The smallest absolute Gasteiger partial charge is 0.307 e. The van der Waals surface area contributed by atoms with Gasteiger partial charge < -0.3 is 5.11 Å². The molecule has 0 fully saturated rings. The molecule has 8 heteroatoms. The normalized spacial score (nSPS) is 13.1. The van der Waals surface area contributed by atoms with Gasteiger partial charge in [-0.2, -0.15) is 0 Å². The van der Waals surface area contributed by atoms with Crippen LogP contribution in [0.25, 0.3) is 0 Å². The number of hydrogen-bond acceptors (Lipinski definition) is 4. The average molecular weight is 319 g/mol. The van der Waals surface area contributed by atoms with Gasteiger partial charge in [0.25, 0.3) is 0 Å². The molecule has 0 aliphatic heterocycles. The van der Waals surface area contributed by atoms with Gasteiger partial charge in [-0.05, 0) is 24.1 Å². The van der Waals surface area contributed by atoms with Crippen molar-refractivity contribution in [2.45, 2.75) is 17.7 Å². The highest BCUT2D eigenvalue weighted by Gasteiger charge is 2.13. The summed E-state index contributed by atoms with van der Waals surface area (Å²) in [5, 5.41) is 8.63. The molecule has 2 N–H and O–H groups in total. The van der Waals surface area contributed by atoms with E-state index in [-0.39, 0.29) is 17.9 Å². The minimum Gasteiger partial charge on any atom is -0.481 e. The number of carboxylic acids is 1. The lowest BCUT2D eigenvalue weighted by atomic mass is 10.2. The van der Waals surface area contributed by atoms with Crippen molar-refractivity contribution in [3.8, 4) is 0 Å². The van der Waals surface area contributed by atoms with E-state index in [4.69, 9.17) is 5.11 Å². The predicted octanol–water partition coefficient (Wildman–Crippen LogP) is 0.361. The summed E-state index contributed by atoms with van der Waals surface area (Å²) in [6.07, 6.45) is 1.92. The van der Waals surface area contributed by atoms with E-state index in [1.807, 2.05) is 0 Å². The molecule has 0 saturated carbocycles. The molecule has 0 heterocycles. The van der Waals surface area contributed by atoms with Gasteiger partial charge in [0, 0.05) is 29.4 Å². The van der Waals surface area contributed by atoms with E-state index in [0.29, 0.717) is 17.7 Å². The number of hydrogen-bond donors (Lipinski definition) is 2. The molecule has 0 radical (unpaired) electrons. The number of rotatable bonds is 8. The Balaban J connectivity index is 2.63.